The molecule has 0 aromatic heterocycles. The van der Waals surface area contributed by atoms with Crippen molar-refractivity contribution in [1.82, 2.24) is 16.0 Å². The van der Waals surface area contributed by atoms with Gasteiger partial charge in [0.15, 0.2) is 0 Å². The van der Waals surface area contributed by atoms with Gasteiger partial charge >= 0.3 is 0 Å². The monoisotopic (exact) mass is 363 g/mol. The van der Waals surface area contributed by atoms with Gasteiger partial charge in [-0.2, -0.15) is 0 Å². The summed E-state index contributed by atoms with van der Waals surface area (Å²) in [4.78, 5) is 23.5. The van der Waals surface area contributed by atoms with E-state index in [-0.39, 0.29) is 17.2 Å². The Bertz CT molecular complexity index is 568. The summed E-state index contributed by atoms with van der Waals surface area (Å²) in [7, 11) is 1.60. The highest BCUT2D eigenvalue weighted by atomic mass is 16.5. The third-order valence-corrected chi connectivity index (χ3v) is 3.72. The molecule has 3 N–H and O–H groups in total. The molecule has 0 bridgehead atoms. The Morgan fingerprint density at radius 3 is 2.50 bits per heavy atom. The van der Waals surface area contributed by atoms with Crippen molar-refractivity contribution < 1.29 is 14.3 Å². The summed E-state index contributed by atoms with van der Waals surface area (Å²) in [5.74, 6) is 0.552. The molecule has 0 aliphatic heterocycles. The number of rotatable bonds is 11. The molecule has 1 aromatic carbocycles. The van der Waals surface area contributed by atoms with E-state index in [4.69, 9.17) is 4.74 Å². The van der Waals surface area contributed by atoms with Crippen LogP contribution >= 0.6 is 0 Å². The SMILES string of the molecule is CNC(=O)c1ccccc1OCCNCCCCC(=O)NCC(C)(C)C. The lowest BCUT2D eigenvalue weighted by Gasteiger charge is -2.18. The number of carbonyl (C=O) groups is 2. The number of benzene rings is 1. The van der Waals surface area contributed by atoms with Gasteiger partial charge in [0.05, 0.1) is 5.56 Å². The molecular formula is C20H33N3O3. The lowest BCUT2D eigenvalue weighted by molar-refractivity contribution is -0.121. The van der Waals surface area contributed by atoms with E-state index in [1.54, 1.807) is 19.2 Å². The molecule has 1 aromatic rings. The molecule has 0 saturated heterocycles. The molecule has 0 atom stereocenters. The maximum Gasteiger partial charge on any atom is 0.254 e. The van der Waals surface area contributed by atoms with Crippen molar-refractivity contribution in [3.63, 3.8) is 0 Å². The maximum absolute atomic E-state index is 11.8. The van der Waals surface area contributed by atoms with E-state index in [0.717, 1.165) is 19.4 Å². The first kappa shape index (κ1) is 22.0. The third-order valence-electron chi connectivity index (χ3n) is 3.72. The van der Waals surface area contributed by atoms with Gasteiger partial charge in [-0.3, -0.25) is 9.59 Å². The van der Waals surface area contributed by atoms with E-state index in [2.05, 4.69) is 36.7 Å². The number of unbranched alkanes of at least 4 members (excludes halogenated alkanes) is 1. The van der Waals surface area contributed by atoms with Crippen LogP contribution in [0.15, 0.2) is 24.3 Å². The third kappa shape index (κ3) is 9.42. The van der Waals surface area contributed by atoms with E-state index in [0.29, 0.717) is 37.4 Å². The number of hydrogen-bond acceptors (Lipinski definition) is 4. The largest absolute Gasteiger partial charge is 0.491 e. The van der Waals surface area contributed by atoms with Crippen molar-refractivity contribution in [2.24, 2.45) is 5.41 Å². The zero-order valence-corrected chi connectivity index (χ0v) is 16.5. The van der Waals surface area contributed by atoms with Gasteiger partial charge < -0.3 is 20.7 Å². The molecule has 0 radical (unpaired) electrons. The van der Waals surface area contributed by atoms with Gasteiger partial charge in [-0.1, -0.05) is 32.9 Å². The molecule has 0 aliphatic rings. The van der Waals surface area contributed by atoms with Gasteiger partial charge in [0.1, 0.15) is 12.4 Å². The number of carbonyl (C=O) groups excluding carboxylic acids is 2. The minimum Gasteiger partial charge on any atom is -0.491 e. The van der Waals surface area contributed by atoms with Crippen molar-refractivity contribution in [2.45, 2.75) is 40.0 Å². The summed E-state index contributed by atoms with van der Waals surface area (Å²) < 4.78 is 5.68. The molecule has 0 saturated carbocycles. The predicted octanol–water partition coefficient (Wildman–Crippen LogP) is 2.35. The van der Waals surface area contributed by atoms with E-state index in [9.17, 15) is 9.59 Å². The number of hydrogen-bond donors (Lipinski definition) is 3. The van der Waals surface area contributed by atoms with E-state index in [1.165, 1.54) is 0 Å². The highest BCUT2D eigenvalue weighted by Crippen LogP contribution is 2.17. The standard InChI is InChI=1S/C20H33N3O3/c1-20(2,3)15-23-18(24)11-7-8-12-22-13-14-26-17-10-6-5-9-16(17)19(25)21-4/h5-6,9-10,22H,7-8,11-15H2,1-4H3,(H,21,25)(H,23,24). The second-order valence-corrected chi connectivity index (χ2v) is 7.47. The number of para-hydroxylation sites is 1. The van der Waals surface area contributed by atoms with Crippen molar-refractivity contribution >= 4 is 11.8 Å². The van der Waals surface area contributed by atoms with Gasteiger partial charge in [0.2, 0.25) is 5.91 Å². The van der Waals surface area contributed by atoms with E-state index < -0.39 is 0 Å². The van der Waals surface area contributed by atoms with E-state index >= 15 is 0 Å². The Labute approximate surface area is 157 Å². The van der Waals surface area contributed by atoms with Gasteiger partial charge in [-0.05, 0) is 36.9 Å². The fourth-order valence-electron chi connectivity index (χ4n) is 2.26. The van der Waals surface area contributed by atoms with Gasteiger partial charge in [0.25, 0.3) is 5.91 Å². The van der Waals surface area contributed by atoms with Crippen LogP contribution in [0.2, 0.25) is 0 Å². The van der Waals surface area contributed by atoms with Crippen molar-refractivity contribution in [3.8, 4) is 5.75 Å². The summed E-state index contributed by atoms with van der Waals surface area (Å²) in [5.41, 5.74) is 0.657. The fourth-order valence-corrected chi connectivity index (χ4v) is 2.26. The minimum absolute atomic E-state index is 0.119. The molecule has 0 heterocycles. The summed E-state index contributed by atoms with van der Waals surface area (Å²) in [6.07, 6.45) is 2.37. The zero-order chi connectivity index (χ0) is 19.4. The normalized spacial score (nSPS) is 11.1. The first-order chi connectivity index (χ1) is 12.3. The molecule has 6 heteroatoms. The molecule has 1 rings (SSSR count). The molecular weight excluding hydrogens is 330 g/mol. The predicted molar refractivity (Wildman–Crippen MR) is 105 cm³/mol. The van der Waals surface area contributed by atoms with Crippen LogP contribution in [-0.2, 0) is 4.79 Å². The molecule has 0 unspecified atom stereocenters. The first-order valence-corrected chi connectivity index (χ1v) is 9.25. The van der Waals surface area contributed by atoms with Gasteiger partial charge in [0, 0.05) is 26.6 Å². The lowest BCUT2D eigenvalue weighted by Crippen LogP contribution is -2.32. The molecule has 6 nitrogen and oxygen atoms in total. The first-order valence-electron chi connectivity index (χ1n) is 9.25. The Hall–Kier alpha value is -2.08. The van der Waals surface area contributed by atoms with Gasteiger partial charge in [-0.15, -0.1) is 0 Å². The summed E-state index contributed by atoms with van der Waals surface area (Å²) in [6, 6.07) is 7.19. The average Bonchev–Trinajstić information content (AvgIpc) is 2.61. The highest BCUT2D eigenvalue weighted by Gasteiger charge is 2.11. The average molecular weight is 364 g/mol. The quantitative estimate of drug-likeness (QED) is 0.527. The Morgan fingerprint density at radius 2 is 1.81 bits per heavy atom. The summed E-state index contributed by atoms with van der Waals surface area (Å²) in [6.45, 7) is 9.04. The van der Waals surface area contributed by atoms with Crippen LogP contribution in [0.25, 0.3) is 0 Å². The zero-order valence-electron chi connectivity index (χ0n) is 16.5. The second-order valence-electron chi connectivity index (χ2n) is 7.47. The molecule has 26 heavy (non-hydrogen) atoms. The Balaban J connectivity index is 2.10. The lowest BCUT2D eigenvalue weighted by atomic mass is 9.97. The van der Waals surface area contributed by atoms with Crippen LogP contribution in [0.4, 0.5) is 0 Å². The molecule has 0 aliphatic carbocycles. The maximum atomic E-state index is 11.8. The van der Waals surface area contributed by atoms with Crippen molar-refractivity contribution in [3.05, 3.63) is 29.8 Å². The minimum atomic E-state index is -0.154. The van der Waals surface area contributed by atoms with Crippen LogP contribution in [0.3, 0.4) is 0 Å². The van der Waals surface area contributed by atoms with E-state index in [1.807, 2.05) is 12.1 Å². The molecule has 0 spiro atoms. The summed E-state index contributed by atoms with van der Waals surface area (Å²) >= 11 is 0. The second kappa shape index (κ2) is 11.5. The van der Waals surface area contributed by atoms with Crippen LogP contribution in [0, 0.1) is 5.41 Å². The number of nitrogens with one attached hydrogen (secondary N) is 3. The molecule has 2 amide bonds. The van der Waals surface area contributed by atoms with Crippen LogP contribution in [0.5, 0.6) is 5.75 Å². The van der Waals surface area contributed by atoms with Crippen LogP contribution < -0.4 is 20.7 Å². The topological polar surface area (TPSA) is 79.5 Å². The number of ether oxygens (including phenoxy) is 1. The Kier molecular flexibility index (Phi) is 9.73. The van der Waals surface area contributed by atoms with Crippen LogP contribution in [-0.4, -0.2) is 45.1 Å². The number of amides is 2. The van der Waals surface area contributed by atoms with Crippen LogP contribution in [0.1, 0.15) is 50.4 Å². The fraction of sp³-hybridized carbons (Fsp3) is 0.600. The molecule has 0 fully saturated rings. The smallest absolute Gasteiger partial charge is 0.254 e. The molecule has 146 valence electrons. The summed E-state index contributed by atoms with van der Waals surface area (Å²) in [5, 5.41) is 8.86. The van der Waals surface area contributed by atoms with Gasteiger partial charge in [-0.25, -0.2) is 0 Å². The van der Waals surface area contributed by atoms with Crippen molar-refractivity contribution in [2.75, 3.05) is 33.3 Å². The van der Waals surface area contributed by atoms with Crippen molar-refractivity contribution in [1.29, 1.82) is 0 Å². The highest BCUT2D eigenvalue weighted by molar-refractivity contribution is 5.96. The Morgan fingerprint density at radius 1 is 1.08 bits per heavy atom.